The molecule has 2 unspecified atom stereocenters. The van der Waals surface area contributed by atoms with Crippen LogP contribution in [0.2, 0.25) is 0 Å². The molecule has 1 aliphatic carbocycles. The first-order valence-corrected chi connectivity index (χ1v) is 6.54. The van der Waals surface area contributed by atoms with Crippen LogP contribution >= 0.6 is 0 Å². The molecule has 0 aromatic heterocycles. The van der Waals surface area contributed by atoms with Crippen molar-refractivity contribution in [2.45, 2.75) is 51.6 Å². The van der Waals surface area contributed by atoms with E-state index in [4.69, 9.17) is 0 Å². The van der Waals surface area contributed by atoms with Crippen LogP contribution in [0.4, 0.5) is 0 Å². The van der Waals surface area contributed by atoms with E-state index in [9.17, 15) is 5.11 Å². The number of nitrogens with zero attached hydrogens (tertiary/aromatic N) is 1. The van der Waals surface area contributed by atoms with Crippen molar-refractivity contribution in [3.63, 3.8) is 0 Å². The molecule has 0 amide bonds. The lowest BCUT2D eigenvalue weighted by atomic mass is 9.87. The fourth-order valence-corrected chi connectivity index (χ4v) is 3.10. The van der Waals surface area contributed by atoms with Gasteiger partial charge in [-0.05, 0) is 37.6 Å². The minimum absolute atomic E-state index is 0.347. The van der Waals surface area contributed by atoms with Crippen LogP contribution in [0.15, 0.2) is 0 Å². The van der Waals surface area contributed by atoms with Gasteiger partial charge in [0, 0.05) is 13.1 Å². The van der Waals surface area contributed by atoms with Crippen LogP contribution in [-0.2, 0) is 0 Å². The zero-order valence-corrected chi connectivity index (χ0v) is 10.2. The van der Waals surface area contributed by atoms with E-state index in [1.54, 1.807) is 0 Å². The van der Waals surface area contributed by atoms with Crippen molar-refractivity contribution in [1.82, 2.24) is 4.90 Å². The van der Waals surface area contributed by atoms with Crippen LogP contribution < -0.4 is 0 Å². The van der Waals surface area contributed by atoms with Crippen LogP contribution in [0, 0.1) is 11.8 Å². The topological polar surface area (TPSA) is 23.5 Å². The Kier molecular flexibility index (Phi) is 3.36. The lowest BCUT2D eigenvalue weighted by Crippen LogP contribution is -2.46. The van der Waals surface area contributed by atoms with E-state index in [2.05, 4.69) is 18.7 Å². The molecule has 1 aliphatic heterocycles. The summed E-state index contributed by atoms with van der Waals surface area (Å²) in [4.78, 5) is 2.48. The van der Waals surface area contributed by atoms with Crippen LogP contribution in [0.1, 0.15) is 46.0 Å². The fraction of sp³-hybridized carbons (Fsp3) is 1.00. The maximum absolute atomic E-state index is 10.4. The van der Waals surface area contributed by atoms with Gasteiger partial charge in [0.1, 0.15) is 0 Å². The lowest BCUT2D eigenvalue weighted by Gasteiger charge is -2.39. The summed E-state index contributed by atoms with van der Waals surface area (Å²) in [7, 11) is 0. The molecule has 1 saturated carbocycles. The molecule has 2 atom stereocenters. The van der Waals surface area contributed by atoms with Crippen molar-refractivity contribution < 1.29 is 5.11 Å². The molecule has 0 spiro atoms. The summed E-state index contributed by atoms with van der Waals surface area (Å²) in [5.74, 6) is 1.66. The summed E-state index contributed by atoms with van der Waals surface area (Å²) in [6, 6.07) is 0. The number of piperidine rings is 1. The predicted molar refractivity (Wildman–Crippen MR) is 62.8 cm³/mol. The van der Waals surface area contributed by atoms with Gasteiger partial charge in [0.2, 0.25) is 0 Å². The predicted octanol–water partition coefficient (Wildman–Crippen LogP) is 2.27. The first-order valence-electron chi connectivity index (χ1n) is 6.54. The van der Waals surface area contributed by atoms with E-state index in [1.807, 2.05) is 0 Å². The van der Waals surface area contributed by atoms with Crippen molar-refractivity contribution in [1.29, 1.82) is 0 Å². The van der Waals surface area contributed by atoms with Crippen molar-refractivity contribution in [2.75, 3.05) is 19.6 Å². The third kappa shape index (κ3) is 2.73. The Morgan fingerprint density at radius 3 is 2.47 bits per heavy atom. The molecule has 0 bridgehead atoms. The van der Waals surface area contributed by atoms with Crippen LogP contribution in [0.25, 0.3) is 0 Å². The smallest absolute Gasteiger partial charge is 0.0774 e. The Balaban J connectivity index is 1.84. The second-order valence-corrected chi connectivity index (χ2v) is 5.91. The van der Waals surface area contributed by atoms with Crippen molar-refractivity contribution in [3.05, 3.63) is 0 Å². The standard InChI is InChI=1S/C13H25NO/c1-11-5-8-14(9-12(11)2)10-13(15)6-3-4-7-13/h11-12,15H,3-10H2,1-2H3. The summed E-state index contributed by atoms with van der Waals surface area (Å²) >= 11 is 0. The highest BCUT2D eigenvalue weighted by atomic mass is 16.3. The van der Waals surface area contributed by atoms with E-state index < -0.39 is 0 Å². The highest BCUT2D eigenvalue weighted by molar-refractivity contribution is 4.89. The Bertz CT molecular complexity index is 211. The number of aliphatic hydroxyl groups is 1. The Hall–Kier alpha value is -0.0800. The summed E-state index contributed by atoms with van der Waals surface area (Å²) in [6.45, 7) is 7.99. The molecule has 0 radical (unpaired) electrons. The molecule has 2 heteroatoms. The van der Waals surface area contributed by atoms with Gasteiger partial charge in [-0.15, -0.1) is 0 Å². The van der Waals surface area contributed by atoms with Crippen LogP contribution in [-0.4, -0.2) is 35.2 Å². The van der Waals surface area contributed by atoms with E-state index in [0.717, 1.165) is 31.2 Å². The molecular weight excluding hydrogens is 186 g/mol. The van der Waals surface area contributed by atoms with Gasteiger partial charge in [0.25, 0.3) is 0 Å². The molecule has 0 aromatic rings. The molecular formula is C13H25NO. The molecule has 0 aromatic carbocycles. The fourth-order valence-electron chi connectivity index (χ4n) is 3.10. The van der Waals surface area contributed by atoms with Gasteiger partial charge in [-0.25, -0.2) is 0 Å². The Morgan fingerprint density at radius 2 is 1.87 bits per heavy atom. The van der Waals surface area contributed by atoms with Crippen molar-refractivity contribution in [3.8, 4) is 0 Å². The number of hydrogen-bond donors (Lipinski definition) is 1. The third-order valence-corrected chi connectivity index (χ3v) is 4.47. The van der Waals surface area contributed by atoms with Gasteiger partial charge in [0.05, 0.1) is 5.60 Å². The number of rotatable bonds is 2. The Labute approximate surface area is 93.7 Å². The maximum atomic E-state index is 10.4. The monoisotopic (exact) mass is 211 g/mol. The molecule has 15 heavy (non-hydrogen) atoms. The highest BCUT2D eigenvalue weighted by Gasteiger charge is 2.34. The van der Waals surface area contributed by atoms with Crippen molar-refractivity contribution >= 4 is 0 Å². The van der Waals surface area contributed by atoms with Gasteiger partial charge in [-0.2, -0.15) is 0 Å². The number of likely N-dealkylation sites (tertiary alicyclic amines) is 1. The largest absolute Gasteiger partial charge is 0.389 e. The van der Waals surface area contributed by atoms with Crippen LogP contribution in [0.3, 0.4) is 0 Å². The number of β-amino-alcohol motifs (C(OH)–C–C–N with tert-alkyl or cyclic N) is 1. The highest BCUT2D eigenvalue weighted by Crippen LogP contribution is 2.32. The van der Waals surface area contributed by atoms with Gasteiger partial charge in [-0.1, -0.05) is 26.7 Å². The molecule has 1 heterocycles. The second kappa shape index (κ2) is 4.42. The molecule has 1 N–H and O–H groups in total. The minimum Gasteiger partial charge on any atom is -0.389 e. The zero-order valence-electron chi connectivity index (χ0n) is 10.2. The minimum atomic E-state index is -0.347. The SMILES string of the molecule is CC1CCN(CC2(O)CCCC2)CC1C. The zero-order chi connectivity index (χ0) is 10.9. The molecule has 2 fully saturated rings. The third-order valence-electron chi connectivity index (χ3n) is 4.47. The molecule has 2 rings (SSSR count). The summed E-state index contributed by atoms with van der Waals surface area (Å²) in [5, 5.41) is 10.4. The van der Waals surface area contributed by atoms with Crippen molar-refractivity contribution in [2.24, 2.45) is 11.8 Å². The molecule has 2 aliphatic rings. The first kappa shape index (κ1) is 11.4. The molecule has 1 saturated heterocycles. The van der Waals surface area contributed by atoms with E-state index >= 15 is 0 Å². The average molecular weight is 211 g/mol. The summed E-state index contributed by atoms with van der Waals surface area (Å²) in [5.41, 5.74) is -0.347. The van der Waals surface area contributed by atoms with E-state index in [1.165, 1.54) is 32.4 Å². The van der Waals surface area contributed by atoms with E-state index in [-0.39, 0.29) is 5.60 Å². The van der Waals surface area contributed by atoms with E-state index in [0.29, 0.717) is 0 Å². The lowest BCUT2D eigenvalue weighted by molar-refractivity contribution is -0.00720. The maximum Gasteiger partial charge on any atom is 0.0774 e. The summed E-state index contributed by atoms with van der Waals surface area (Å²) in [6.07, 6.45) is 5.78. The second-order valence-electron chi connectivity index (χ2n) is 5.91. The molecule has 88 valence electrons. The number of hydrogen-bond acceptors (Lipinski definition) is 2. The van der Waals surface area contributed by atoms with Gasteiger partial charge in [0.15, 0.2) is 0 Å². The quantitative estimate of drug-likeness (QED) is 0.757. The Morgan fingerprint density at radius 1 is 1.20 bits per heavy atom. The summed E-state index contributed by atoms with van der Waals surface area (Å²) < 4.78 is 0. The van der Waals surface area contributed by atoms with Gasteiger partial charge in [-0.3, -0.25) is 0 Å². The first-order chi connectivity index (χ1) is 7.09. The molecule has 2 nitrogen and oxygen atoms in total. The van der Waals surface area contributed by atoms with Gasteiger partial charge >= 0.3 is 0 Å². The normalized spacial score (nSPS) is 37.0. The average Bonchev–Trinajstić information content (AvgIpc) is 2.59. The van der Waals surface area contributed by atoms with Gasteiger partial charge < -0.3 is 10.0 Å². The van der Waals surface area contributed by atoms with Crippen LogP contribution in [0.5, 0.6) is 0 Å².